The fraction of sp³-hybridized carbons (Fsp3) is 1.00. The van der Waals surface area contributed by atoms with Crippen LogP contribution in [0.2, 0.25) is 0 Å². The average Bonchev–Trinajstić information content (AvgIpc) is 1.99. The maximum atomic E-state index is 5.21. The Balaban J connectivity index is 3.36. The van der Waals surface area contributed by atoms with Gasteiger partial charge in [0.25, 0.3) is 0 Å². The number of rotatable bonds is 6. The molecular formula is C11H24O. The van der Waals surface area contributed by atoms with Crippen LogP contribution in [0.15, 0.2) is 0 Å². The Hall–Kier alpha value is -0.0400. The van der Waals surface area contributed by atoms with Crippen molar-refractivity contribution >= 4 is 0 Å². The fourth-order valence-corrected chi connectivity index (χ4v) is 1.56. The number of ether oxygens (including phenoxy) is 1. The van der Waals surface area contributed by atoms with Crippen molar-refractivity contribution in [2.75, 3.05) is 7.11 Å². The lowest BCUT2D eigenvalue weighted by Crippen LogP contribution is -2.08. The second-order valence-electron chi connectivity index (χ2n) is 4.36. The van der Waals surface area contributed by atoms with Crippen LogP contribution in [0.1, 0.15) is 47.0 Å². The summed E-state index contributed by atoms with van der Waals surface area (Å²) in [7, 11) is 1.79. The first-order valence-electron chi connectivity index (χ1n) is 5.09. The van der Waals surface area contributed by atoms with E-state index >= 15 is 0 Å². The summed E-state index contributed by atoms with van der Waals surface area (Å²) in [6, 6.07) is 0. The van der Waals surface area contributed by atoms with Crippen LogP contribution in [0.3, 0.4) is 0 Å². The fourth-order valence-electron chi connectivity index (χ4n) is 1.56. The van der Waals surface area contributed by atoms with E-state index in [1.165, 1.54) is 19.3 Å². The highest BCUT2D eigenvalue weighted by Crippen LogP contribution is 2.17. The number of methoxy groups -OCH3 is 1. The van der Waals surface area contributed by atoms with E-state index in [0.29, 0.717) is 6.10 Å². The minimum atomic E-state index is 0.430. The highest BCUT2D eigenvalue weighted by atomic mass is 16.5. The Bertz CT molecular complexity index is 99.2. The molecule has 2 atom stereocenters. The van der Waals surface area contributed by atoms with Gasteiger partial charge in [0.1, 0.15) is 0 Å². The van der Waals surface area contributed by atoms with Crippen LogP contribution < -0.4 is 0 Å². The Morgan fingerprint density at radius 1 is 1.00 bits per heavy atom. The van der Waals surface area contributed by atoms with Crippen molar-refractivity contribution in [2.45, 2.75) is 53.1 Å². The lowest BCUT2D eigenvalue weighted by Gasteiger charge is -2.16. The van der Waals surface area contributed by atoms with E-state index in [1.807, 2.05) is 0 Å². The van der Waals surface area contributed by atoms with Gasteiger partial charge in [0.2, 0.25) is 0 Å². The summed E-state index contributed by atoms with van der Waals surface area (Å²) in [5.74, 6) is 1.68. The van der Waals surface area contributed by atoms with E-state index in [1.54, 1.807) is 7.11 Å². The zero-order valence-electron chi connectivity index (χ0n) is 9.26. The molecule has 74 valence electrons. The molecule has 0 aliphatic carbocycles. The van der Waals surface area contributed by atoms with Crippen LogP contribution >= 0.6 is 0 Å². The van der Waals surface area contributed by atoms with Gasteiger partial charge in [0, 0.05) is 7.11 Å². The molecule has 0 bridgehead atoms. The molecular weight excluding hydrogens is 148 g/mol. The largest absolute Gasteiger partial charge is 0.382 e. The van der Waals surface area contributed by atoms with Gasteiger partial charge in [-0.15, -0.1) is 0 Å². The van der Waals surface area contributed by atoms with Gasteiger partial charge in [-0.2, -0.15) is 0 Å². The molecule has 2 unspecified atom stereocenters. The zero-order chi connectivity index (χ0) is 9.56. The molecule has 0 radical (unpaired) electrons. The van der Waals surface area contributed by atoms with Gasteiger partial charge in [-0.25, -0.2) is 0 Å². The van der Waals surface area contributed by atoms with Crippen molar-refractivity contribution in [1.82, 2.24) is 0 Å². The molecule has 0 saturated heterocycles. The van der Waals surface area contributed by atoms with Crippen molar-refractivity contribution in [1.29, 1.82) is 0 Å². The number of hydrogen-bond donors (Lipinski definition) is 0. The van der Waals surface area contributed by atoms with Gasteiger partial charge >= 0.3 is 0 Å². The first-order chi connectivity index (χ1) is 5.56. The van der Waals surface area contributed by atoms with Gasteiger partial charge in [0.05, 0.1) is 6.10 Å². The smallest absolute Gasteiger partial charge is 0.0543 e. The summed E-state index contributed by atoms with van der Waals surface area (Å²) < 4.78 is 5.21. The predicted molar refractivity (Wildman–Crippen MR) is 54.3 cm³/mol. The van der Waals surface area contributed by atoms with Crippen molar-refractivity contribution in [3.63, 3.8) is 0 Å². The SMILES string of the molecule is COC(C)CCC(C)CC(C)C. The Kier molecular flexibility index (Phi) is 6.45. The minimum Gasteiger partial charge on any atom is -0.382 e. The van der Waals surface area contributed by atoms with Crippen LogP contribution in [0, 0.1) is 11.8 Å². The molecule has 0 heterocycles. The third kappa shape index (κ3) is 6.66. The maximum absolute atomic E-state index is 5.21. The lowest BCUT2D eigenvalue weighted by atomic mass is 9.94. The first kappa shape index (κ1) is 12.0. The molecule has 0 rings (SSSR count). The maximum Gasteiger partial charge on any atom is 0.0543 e. The van der Waals surface area contributed by atoms with Gasteiger partial charge in [-0.1, -0.05) is 20.8 Å². The normalized spacial score (nSPS) is 16.5. The van der Waals surface area contributed by atoms with Crippen molar-refractivity contribution < 1.29 is 4.74 Å². The Morgan fingerprint density at radius 3 is 2.00 bits per heavy atom. The third-order valence-electron chi connectivity index (χ3n) is 2.34. The van der Waals surface area contributed by atoms with Crippen LogP contribution in [0.25, 0.3) is 0 Å². The summed E-state index contributed by atoms with van der Waals surface area (Å²) in [5.41, 5.74) is 0. The molecule has 0 N–H and O–H groups in total. The van der Waals surface area contributed by atoms with Gasteiger partial charge in [-0.05, 0) is 38.0 Å². The molecule has 0 aliphatic heterocycles. The number of hydrogen-bond acceptors (Lipinski definition) is 1. The van der Waals surface area contributed by atoms with Crippen LogP contribution in [-0.2, 0) is 4.74 Å². The molecule has 0 fully saturated rings. The molecule has 0 spiro atoms. The lowest BCUT2D eigenvalue weighted by molar-refractivity contribution is 0.104. The molecule has 1 heteroatoms. The highest BCUT2D eigenvalue weighted by Gasteiger charge is 2.07. The van der Waals surface area contributed by atoms with Crippen LogP contribution in [0.4, 0.5) is 0 Å². The molecule has 0 aromatic carbocycles. The van der Waals surface area contributed by atoms with E-state index in [9.17, 15) is 0 Å². The Morgan fingerprint density at radius 2 is 1.58 bits per heavy atom. The second kappa shape index (κ2) is 6.47. The van der Waals surface area contributed by atoms with Crippen LogP contribution in [-0.4, -0.2) is 13.2 Å². The van der Waals surface area contributed by atoms with E-state index in [0.717, 1.165) is 11.8 Å². The molecule has 0 saturated carbocycles. The van der Waals surface area contributed by atoms with Crippen molar-refractivity contribution in [2.24, 2.45) is 11.8 Å². The summed E-state index contributed by atoms with van der Waals surface area (Å²) in [4.78, 5) is 0. The molecule has 0 aromatic rings. The molecule has 0 aliphatic rings. The van der Waals surface area contributed by atoms with Crippen molar-refractivity contribution in [3.8, 4) is 0 Å². The van der Waals surface area contributed by atoms with Crippen LogP contribution in [0.5, 0.6) is 0 Å². The van der Waals surface area contributed by atoms with Gasteiger partial charge in [0.15, 0.2) is 0 Å². The van der Waals surface area contributed by atoms with E-state index in [2.05, 4.69) is 27.7 Å². The summed E-state index contributed by atoms with van der Waals surface area (Å²) in [6.45, 7) is 9.05. The van der Waals surface area contributed by atoms with Gasteiger partial charge < -0.3 is 4.74 Å². The molecule has 1 nitrogen and oxygen atoms in total. The van der Waals surface area contributed by atoms with E-state index in [4.69, 9.17) is 4.74 Å². The topological polar surface area (TPSA) is 9.23 Å². The third-order valence-corrected chi connectivity index (χ3v) is 2.34. The van der Waals surface area contributed by atoms with Gasteiger partial charge in [-0.3, -0.25) is 0 Å². The second-order valence-corrected chi connectivity index (χ2v) is 4.36. The molecule has 0 aromatic heterocycles. The predicted octanol–water partition coefficient (Wildman–Crippen LogP) is 3.48. The summed E-state index contributed by atoms with van der Waals surface area (Å²) in [5, 5.41) is 0. The summed E-state index contributed by atoms with van der Waals surface area (Å²) >= 11 is 0. The monoisotopic (exact) mass is 172 g/mol. The minimum absolute atomic E-state index is 0.430. The van der Waals surface area contributed by atoms with Crippen molar-refractivity contribution in [3.05, 3.63) is 0 Å². The highest BCUT2D eigenvalue weighted by molar-refractivity contribution is 4.59. The first-order valence-corrected chi connectivity index (χ1v) is 5.09. The van der Waals surface area contributed by atoms with E-state index in [-0.39, 0.29) is 0 Å². The average molecular weight is 172 g/mol. The molecule has 0 amide bonds. The standard InChI is InChI=1S/C11H24O/c1-9(2)8-10(3)6-7-11(4)12-5/h9-11H,6-8H2,1-5H3. The molecule has 12 heavy (non-hydrogen) atoms. The Labute approximate surface area is 77.5 Å². The quantitative estimate of drug-likeness (QED) is 0.596. The summed E-state index contributed by atoms with van der Waals surface area (Å²) in [6.07, 6.45) is 4.27. The van der Waals surface area contributed by atoms with E-state index < -0.39 is 0 Å². The zero-order valence-corrected chi connectivity index (χ0v) is 9.26.